The average molecular weight is 318 g/mol. The SMILES string of the molecule is CC(=O)c1ccc(OCC(=O)N2CCN(C(C)(C)C)CC2)cc1. The Morgan fingerprint density at radius 1 is 1.04 bits per heavy atom. The van der Waals surface area contributed by atoms with Gasteiger partial charge in [-0.1, -0.05) is 0 Å². The van der Waals surface area contributed by atoms with Gasteiger partial charge in [0, 0.05) is 37.3 Å². The number of nitrogens with zero attached hydrogens (tertiary/aromatic N) is 2. The lowest BCUT2D eigenvalue weighted by atomic mass is 10.1. The molecule has 1 aliphatic heterocycles. The summed E-state index contributed by atoms with van der Waals surface area (Å²) < 4.78 is 5.53. The van der Waals surface area contributed by atoms with E-state index in [4.69, 9.17) is 4.74 Å². The van der Waals surface area contributed by atoms with Crippen LogP contribution >= 0.6 is 0 Å². The monoisotopic (exact) mass is 318 g/mol. The van der Waals surface area contributed by atoms with Crippen molar-refractivity contribution >= 4 is 11.7 Å². The van der Waals surface area contributed by atoms with Gasteiger partial charge in [-0.2, -0.15) is 0 Å². The van der Waals surface area contributed by atoms with Crippen LogP contribution < -0.4 is 4.74 Å². The van der Waals surface area contributed by atoms with Gasteiger partial charge in [0.2, 0.25) is 0 Å². The van der Waals surface area contributed by atoms with Gasteiger partial charge in [-0.15, -0.1) is 0 Å². The molecule has 1 aromatic rings. The maximum Gasteiger partial charge on any atom is 0.260 e. The molecule has 0 aliphatic carbocycles. The van der Waals surface area contributed by atoms with Gasteiger partial charge in [-0.25, -0.2) is 0 Å². The molecule has 5 heteroatoms. The van der Waals surface area contributed by atoms with Gasteiger partial charge in [0.25, 0.3) is 5.91 Å². The minimum atomic E-state index is 0.00852. The van der Waals surface area contributed by atoms with Gasteiger partial charge in [-0.05, 0) is 52.0 Å². The topological polar surface area (TPSA) is 49.9 Å². The normalized spacial score (nSPS) is 16.3. The van der Waals surface area contributed by atoms with Crippen LogP contribution in [-0.4, -0.2) is 59.8 Å². The van der Waals surface area contributed by atoms with Crippen molar-refractivity contribution in [2.75, 3.05) is 32.8 Å². The van der Waals surface area contributed by atoms with Crippen molar-refractivity contribution in [3.63, 3.8) is 0 Å². The highest BCUT2D eigenvalue weighted by molar-refractivity contribution is 5.94. The first-order chi connectivity index (χ1) is 10.8. The molecule has 0 radical (unpaired) electrons. The number of rotatable bonds is 4. The van der Waals surface area contributed by atoms with Gasteiger partial charge >= 0.3 is 0 Å². The zero-order valence-electron chi connectivity index (χ0n) is 14.5. The summed E-state index contributed by atoms with van der Waals surface area (Å²) in [4.78, 5) is 27.7. The van der Waals surface area contributed by atoms with E-state index in [9.17, 15) is 9.59 Å². The Hall–Kier alpha value is -1.88. The average Bonchev–Trinajstić information content (AvgIpc) is 2.52. The summed E-state index contributed by atoms with van der Waals surface area (Å²) >= 11 is 0. The molecule has 1 aliphatic rings. The first-order valence-corrected chi connectivity index (χ1v) is 8.04. The zero-order chi connectivity index (χ0) is 17.0. The molecule has 1 fully saturated rings. The van der Waals surface area contributed by atoms with Crippen LogP contribution in [0.15, 0.2) is 24.3 Å². The molecule has 0 unspecified atom stereocenters. The molecule has 5 nitrogen and oxygen atoms in total. The standard InChI is InChI=1S/C18H26N2O3/c1-14(21)15-5-7-16(8-6-15)23-13-17(22)19-9-11-20(12-10-19)18(2,3)4/h5-8H,9-13H2,1-4H3. The van der Waals surface area contributed by atoms with Gasteiger partial charge < -0.3 is 9.64 Å². The van der Waals surface area contributed by atoms with Crippen LogP contribution in [0.2, 0.25) is 0 Å². The number of amides is 1. The van der Waals surface area contributed by atoms with E-state index in [-0.39, 0.29) is 23.8 Å². The van der Waals surface area contributed by atoms with Crippen LogP contribution in [0.1, 0.15) is 38.1 Å². The number of hydrogen-bond acceptors (Lipinski definition) is 4. The summed E-state index contributed by atoms with van der Waals surface area (Å²) in [6.45, 7) is 11.4. The molecular weight excluding hydrogens is 292 g/mol. The predicted octanol–water partition coefficient (Wildman–Crippen LogP) is 2.21. The van der Waals surface area contributed by atoms with Crippen molar-refractivity contribution in [3.05, 3.63) is 29.8 Å². The third kappa shape index (κ3) is 4.79. The van der Waals surface area contributed by atoms with Crippen LogP contribution in [-0.2, 0) is 4.79 Å². The second kappa shape index (κ2) is 7.13. The molecule has 0 atom stereocenters. The first kappa shape index (κ1) is 17.5. The molecule has 1 saturated heterocycles. The quantitative estimate of drug-likeness (QED) is 0.799. The number of carbonyl (C=O) groups excluding carboxylic acids is 2. The molecule has 0 bridgehead atoms. The molecule has 0 aromatic heterocycles. The highest BCUT2D eigenvalue weighted by Crippen LogP contribution is 2.16. The smallest absolute Gasteiger partial charge is 0.260 e. The van der Waals surface area contributed by atoms with E-state index in [1.807, 2.05) is 4.90 Å². The molecule has 0 saturated carbocycles. The number of carbonyl (C=O) groups is 2. The number of piperazine rings is 1. The number of ketones is 1. The van der Waals surface area contributed by atoms with E-state index in [0.717, 1.165) is 26.2 Å². The molecule has 2 rings (SSSR count). The summed E-state index contributed by atoms with van der Waals surface area (Å²) in [5, 5.41) is 0. The fourth-order valence-corrected chi connectivity index (χ4v) is 2.65. The minimum absolute atomic E-state index is 0.00852. The summed E-state index contributed by atoms with van der Waals surface area (Å²) in [5.41, 5.74) is 0.784. The molecule has 1 amide bonds. The lowest BCUT2D eigenvalue weighted by Crippen LogP contribution is -2.55. The maximum absolute atomic E-state index is 12.2. The molecule has 1 heterocycles. The lowest BCUT2D eigenvalue weighted by molar-refractivity contribution is -0.135. The van der Waals surface area contributed by atoms with Crippen molar-refractivity contribution in [1.29, 1.82) is 0 Å². The summed E-state index contributed by atoms with van der Waals surface area (Å²) in [6.07, 6.45) is 0. The van der Waals surface area contributed by atoms with E-state index in [2.05, 4.69) is 25.7 Å². The number of benzene rings is 1. The van der Waals surface area contributed by atoms with E-state index in [1.54, 1.807) is 24.3 Å². The third-order valence-electron chi connectivity index (χ3n) is 4.20. The summed E-state index contributed by atoms with van der Waals surface area (Å²) in [7, 11) is 0. The summed E-state index contributed by atoms with van der Waals surface area (Å²) in [6, 6.07) is 6.87. The lowest BCUT2D eigenvalue weighted by Gasteiger charge is -2.42. The van der Waals surface area contributed by atoms with Crippen LogP contribution in [0.3, 0.4) is 0 Å². The Labute approximate surface area is 138 Å². The highest BCUT2D eigenvalue weighted by Gasteiger charge is 2.27. The Morgan fingerprint density at radius 2 is 1.61 bits per heavy atom. The maximum atomic E-state index is 12.2. The molecule has 1 aromatic carbocycles. The molecule has 0 spiro atoms. The van der Waals surface area contributed by atoms with Crippen molar-refractivity contribution in [2.45, 2.75) is 33.2 Å². The first-order valence-electron chi connectivity index (χ1n) is 8.04. The molecular formula is C18H26N2O3. The Morgan fingerprint density at radius 3 is 2.09 bits per heavy atom. The van der Waals surface area contributed by atoms with Crippen molar-refractivity contribution in [2.24, 2.45) is 0 Å². The van der Waals surface area contributed by atoms with Crippen molar-refractivity contribution < 1.29 is 14.3 Å². The van der Waals surface area contributed by atoms with E-state index >= 15 is 0 Å². The van der Waals surface area contributed by atoms with E-state index < -0.39 is 0 Å². The molecule has 0 N–H and O–H groups in total. The Bertz CT molecular complexity index is 553. The predicted molar refractivity (Wildman–Crippen MR) is 89.8 cm³/mol. The Kier molecular flexibility index (Phi) is 5.42. The third-order valence-corrected chi connectivity index (χ3v) is 4.20. The van der Waals surface area contributed by atoms with Gasteiger partial charge in [-0.3, -0.25) is 14.5 Å². The number of ether oxygens (including phenoxy) is 1. The highest BCUT2D eigenvalue weighted by atomic mass is 16.5. The van der Waals surface area contributed by atoms with Crippen LogP contribution in [0.4, 0.5) is 0 Å². The van der Waals surface area contributed by atoms with Crippen LogP contribution in [0, 0.1) is 0 Å². The minimum Gasteiger partial charge on any atom is -0.484 e. The van der Waals surface area contributed by atoms with Crippen molar-refractivity contribution in [1.82, 2.24) is 9.80 Å². The van der Waals surface area contributed by atoms with E-state index in [0.29, 0.717) is 11.3 Å². The second-order valence-electron chi connectivity index (χ2n) is 6.91. The van der Waals surface area contributed by atoms with Gasteiger partial charge in [0.1, 0.15) is 5.75 Å². The molecule has 23 heavy (non-hydrogen) atoms. The second-order valence-corrected chi connectivity index (χ2v) is 6.91. The van der Waals surface area contributed by atoms with Crippen LogP contribution in [0.25, 0.3) is 0 Å². The largest absolute Gasteiger partial charge is 0.484 e. The number of hydrogen-bond donors (Lipinski definition) is 0. The van der Waals surface area contributed by atoms with Gasteiger partial charge in [0.15, 0.2) is 12.4 Å². The van der Waals surface area contributed by atoms with Crippen LogP contribution in [0.5, 0.6) is 5.75 Å². The van der Waals surface area contributed by atoms with E-state index in [1.165, 1.54) is 6.92 Å². The van der Waals surface area contributed by atoms with Gasteiger partial charge in [0.05, 0.1) is 0 Å². The Balaban J connectivity index is 1.80. The zero-order valence-corrected chi connectivity index (χ0v) is 14.5. The number of Topliss-reactive ketones (excluding diaryl/α,β-unsaturated/α-hetero) is 1. The fourth-order valence-electron chi connectivity index (χ4n) is 2.65. The fraction of sp³-hybridized carbons (Fsp3) is 0.556. The molecule has 126 valence electrons. The summed E-state index contributed by atoms with van der Waals surface area (Å²) in [5.74, 6) is 0.634. The van der Waals surface area contributed by atoms with Crippen molar-refractivity contribution in [3.8, 4) is 5.75 Å².